The summed E-state index contributed by atoms with van der Waals surface area (Å²) in [5.41, 5.74) is 1.81. The molecule has 1 heterocycles. The van der Waals surface area contributed by atoms with Gasteiger partial charge in [0.25, 0.3) is 10.2 Å². The zero-order chi connectivity index (χ0) is 18.4. The maximum Gasteiger partial charge on any atom is 0.277 e. The first kappa shape index (κ1) is 19.0. The second-order valence-corrected chi connectivity index (χ2v) is 8.05. The minimum atomic E-state index is -3.62. The summed E-state index contributed by atoms with van der Waals surface area (Å²) in [5, 5.41) is 0. The summed E-state index contributed by atoms with van der Waals surface area (Å²) < 4.78 is 43.1. The Hall–Kier alpha value is -1.80. The van der Waals surface area contributed by atoms with Crippen molar-refractivity contribution in [3.05, 3.63) is 71.5 Å². The van der Waals surface area contributed by atoms with Crippen LogP contribution >= 0.6 is 0 Å². The van der Waals surface area contributed by atoms with Gasteiger partial charge >= 0.3 is 0 Å². The van der Waals surface area contributed by atoms with Crippen molar-refractivity contribution in [1.29, 1.82) is 0 Å². The van der Waals surface area contributed by atoms with E-state index in [0.717, 1.165) is 37.1 Å². The maximum absolute atomic E-state index is 13.2. The van der Waals surface area contributed by atoms with Gasteiger partial charge in [-0.25, -0.2) is 9.11 Å². The van der Waals surface area contributed by atoms with Crippen LogP contribution in [-0.4, -0.2) is 33.0 Å². The molecule has 1 saturated heterocycles. The summed E-state index contributed by atoms with van der Waals surface area (Å²) in [6.45, 7) is 2.32. The third kappa shape index (κ3) is 5.35. The molecule has 2 N–H and O–H groups in total. The molecular weight excluding hydrogens is 353 g/mol. The molecule has 7 heteroatoms. The molecule has 0 spiro atoms. The molecule has 1 fully saturated rings. The van der Waals surface area contributed by atoms with Crippen LogP contribution in [0.2, 0.25) is 0 Å². The standard InChI is InChI=1S/C19H24FN3O2S/c20-18-10-8-17(9-11-18)19(23-12-4-5-13-23)15-22-26(24,25)21-14-16-6-2-1-3-7-16/h1-3,6-11,19,21-22H,4-5,12-15H2/t19-/m1/s1. The Morgan fingerprint density at radius 1 is 0.962 bits per heavy atom. The normalized spacial score (nSPS) is 16.7. The first-order valence-electron chi connectivity index (χ1n) is 8.81. The first-order valence-corrected chi connectivity index (χ1v) is 10.3. The molecule has 0 bridgehead atoms. The lowest BCUT2D eigenvalue weighted by molar-refractivity contribution is 0.246. The van der Waals surface area contributed by atoms with Gasteiger partial charge in [-0.05, 0) is 49.2 Å². The minimum Gasteiger partial charge on any atom is -0.295 e. The molecule has 0 saturated carbocycles. The molecule has 140 valence electrons. The zero-order valence-electron chi connectivity index (χ0n) is 14.6. The van der Waals surface area contributed by atoms with Crippen LogP contribution in [-0.2, 0) is 16.8 Å². The van der Waals surface area contributed by atoms with Crippen molar-refractivity contribution in [2.24, 2.45) is 0 Å². The van der Waals surface area contributed by atoms with Gasteiger partial charge in [-0.15, -0.1) is 0 Å². The molecule has 2 aromatic rings. The van der Waals surface area contributed by atoms with E-state index in [4.69, 9.17) is 0 Å². The van der Waals surface area contributed by atoms with Crippen LogP contribution in [0.1, 0.15) is 30.0 Å². The maximum atomic E-state index is 13.2. The molecule has 3 rings (SSSR count). The van der Waals surface area contributed by atoms with E-state index in [1.165, 1.54) is 12.1 Å². The van der Waals surface area contributed by atoms with Gasteiger partial charge in [0.05, 0.1) is 0 Å². The van der Waals surface area contributed by atoms with Gasteiger partial charge in [0.2, 0.25) is 0 Å². The third-order valence-electron chi connectivity index (χ3n) is 4.61. The highest BCUT2D eigenvalue weighted by molar-refractivity contribution is 7.87. The highest BCUT2D eigenvalue weighted by Crippen LogP contribution is 2.25. The first-order chi connectivity index (χ1) is 12.5. The van der Waals surface area contributed by atoms with E-state index < -0.39 is 10.2 Å². The molecule has 0 unspecified atom stereocenters. The number of hydrogen-bond acceptors (Lipinski definition) is 3. The van der Waals surface area contributed by atoms with Crippen LogP contribution in [0.4, 0.5) is 4.39 Å². The smallest absolute Gasteiger partial charge is 0.277 e. The van der Waals surface area contributed by atoms with Gasteiger partial charge in [0.1, 0.15) is 5.82 Å². The summed E-state index contributed by atoms with van der Waals surface area (Å²) >= 11 is 0. The van der Waals surface area contributed by atoms with E-state index in [-0.39, 0.29) is 24.9 Å². The monoisotopic (exact) mass is 377 g/mol. The second kappa shape index (κ2) is 8.73. The van der Waals surface area contributed by atoms with E-state index in [1.807, 2.05) is 30.3 Å². The van der Waals surface area contributed by atoms with Crippen molar-refractivity contribution >= 4 is 10.2 Å². The van der Waals surface area contributed by atoms with Gasteiger partial charge in [-0.2, -0.15) is 13.1 Å². The lowest BCUT2D eigenvalue weighted by Crippen LogP contribution is -2.41. The number of halogens is 1. The van der Waals surface area contributed by atoms with Crippen molar-refractivity contribution in [1.82, 2.24) is 14.3 Å². The Balaban J connectivity index is 1.63. The predicted octanol–water partition coefficient (Wildman–Crippen LogP) is 2.59. The Morgan fingerprint density at radius 2 is 1.62 bits per heavy atom. The number of hydrogen-bond donors (Lipinski definition) is 2. The van der Waals surface area contributed by atoms with Crippen LogP contribution < -0.4 is 9.44 Å². The van der Waals surface area contributed by atoms with Gasteiger partial charge in [-0.1, -0.05) is 42.5 Å². The lowest BCUT2D eigenvalue weighted by Gasteiger charge is -2.28. The quantitative estimate of drug-likeness (QED) is 0.743. The largest absolute Gasteiger partial charge is 0.295 e. The number of likely N-dealkylation sites (tertiary alicyclic amines) is 1. The molecule has 0 amide bonds. The average Bonchev–Trinajstić information content (AvgIpc) is 3.17. The lowest BCUT2D eigenvalue weighted by atomic mass is 10.1. The van der Waals surface area contributed by atoms with E-state index in [2.05, 4.69) is 14.3 Å². The van der Waals surface area contributed by atoms with Crippen molar-refractivity contribution < 1.29 is 12.8 Å². The highest BCUT2D eigenvalue weighted by Gasteiger charge is 2.25. The molecule has 26 heavy (non-hydrogen) atoms. The van der Waals surface area contributed by atoms with Crippen LogP contribution in [0, 0.1) is 5.82 Å². The fraction of sp³-hybridized carbons (Fsp3) is 0.368. The average molecular weight is 377 g/mol. The van der Waals surface area contributed by atoms with Crippen molar-refractivity contribution in [2.45, 2.75) is 25.4 Å². The van der Waals surface area contributed by atoms with Gasteiger partial charge in [-0.3, -0.25) is 4.90 Å². The van der Waals surface area contributed by atoms with Gasteiger partial charge in [0.15, 0.2) is 0 Å². The Morgan fingerprint density at radius 3 is 2.27 bits per heavy atom. The molecule has 1 atom stereocenters. The highest BCUT2D eigenvalue weighted by atomic mass is 32.2. The summed E-state index contributed by atoms with van der Waals surface area (Å²) in [7, 11) is -3.62. The van der Waals surface area contributed by atoms with Crippen LogP contribution in [0.3, 0.4) is 0 Å². The number of rotatable bonds is 8. The van der Waals surface area contributed by atoms with Crippen molar-refractivity contribution in [3.8, 4) is 0 Å². The molecular formula is C19H24FN3O2S. The van der Waals surface area contributed by atoms with Gasteiger partial charge in [0, 0.05) is 19.1 Å². The fourth-order valence-corrected chi connectivity index (χ4v) is 4.05. The molecule has 0 aromatic heterocycles. The van der Waals surface area contributed by atoms with Crippen LogP contribution in [0.15, 0.2) is 54.6 Å². The van der Waals surface area contributed by atoms with E-state index in [1.54, 1.807) is 12.1 Å². The Labute approximate surface area is 154 Å². The molecule has 0 aliphatic carbocycles. The zero-order valence-corrected chi connectivity index (χ0v) is 15.4. The summed E-state index contributed by atoms with van der Waals surface area (Å²) in [6.07, 6.45) is 2.19. The van der Waals surface area contributed by atoms with Crippen LogP contribution in [0.25, 0.3) is 0 Å². The summed E-state index contributed by atoms with van der Waals surface area (Å²) in [6, 6.07) is 15.5. The SMILES string of the molecule is O=S(=O)(NCc1ccccc1)NC[C@H](c1ccc(F)cc1)N1CCCC1. The Kier molecular flexibility index (Phi) is 6.37. The van der Waals surface area contributed by atoms with E-state index >= 15 is 0 Å². The van der Waals surface area contributed by atoms with Gasteiger partial charge < -0.3 is 0 Å². The van der Waals surface area contributed by atoms with E-state index in [0.29, 0.717) is 0 Å². The molecule has 1 aliphatic rings. The van der Waals surface area contributed by atoms with E-state index in [9.17, 15) is 12.8 Å². The number of nitrogens with zero attached hydrogens (tertiary/aromatic N) is 1. The van der Waals surface area contributed by atoms with Crippen molar-refractivity contribution in [3.63, 3.8) is 0 Å². The van der Waals surface area contributed by atoms with Crippen molar-refractivity contribution in [2.75, 3.05) is 19.6 Å². The Bertz CT molecular complexity index is 791. The minimum absolute atomic E-state index is 0.105. The predicted molar refractivity (Wildman–Crippen MR) is 100 cm³/mol. The third-order valence-corrected chi connectivity index (χ3v) is 5.68. The molecule has 1 aliphatic heterocycles. The second-order valence-electron chi connectivity index (χ2n) is 6.47. The topological polar surface area (TPSA) is 61.4 Å². The number of nitrogens with one attached hydrogen (secondary N) is 2. The molecule has 5 nitrogen and oxygen atoms in total. The fourth-order valence-electron chi connectivity index (χ4n) is 3.21. The number of benzene rings is 2. The summed E-state index contributed by atoms with van der Waals surface area (Å²) in [5.74, 6) is -0.293. The van der Waals surface area contributed by atoms with Crippen LogP contribution in [0.5, 0.6) is 0 Å². The molecule has 2 aromatic carbocycles. The molecule has 0 radical (unpaired) electrons. The summed E-state index contributed by atoms with van der Waals surface area (Å²) in [4.78, 5) is 2.24.